The van der Waals surface area contributed by atoms with E-state index in [1.165, 1.54) is 17.4 Å². The number of esters is 1. The van der Waals surface area contributed by atoms with Crippen molar-refractivity contribution in [3.05, 3.63) is 21.9 Å². The van der Waals surface area contributed by atoms with Gasteiger partial charge in [0.05, 0.1) is 48.0 Å². The van der Waals surface area contributed by atoms with E-state index in [-0.39, 0.29) is 30.8 Å². The van der Waals surface area contributed by atoms with Gasteiger partial charge < -0.3 is 24.8 Å². The van der Waals surface area contributed by atoms with E-state index in [0.29, 0.717) is 30.0 Å². The number of hydrogen-bond donors (Lipinski definition) is 3. The number of ketones is 1. The van der Waals surface area contributed by atoms with Crippen LogP contribution in [-0.4, -0.2) is 62.1 Å². The first-order valence-electron chi connectivity index (χ1n) is 13.0. The molecule has 0 aromatic carbocycles. The van der Waals surface area contributed by atoms with Crippen LogP contribution in [0.3, 0.4) is 0 Å². The third-order valence-electron chi connectivity index (χ3n) is 7.97. The summed E-state index contributed by atoms with van der Waals surface area (Å²) in [6.07, 6.45) is -0.544. The Morgan fingerprint density at radius 3 is 2.62 bits per heavy atom. The van der Waals surface area contributed by atoms with E-state index >= 15 is 4.39 Å². The zero-order valence-electron chi connectivity index (χ0n) is 22.3. The normalized spacial score (nSPS) is 36.1. The lowest BCUT2D eigenvalue weighted by Gasteiger charge is -2.35. The van der Waals surface area contributed by atoms with Gasteiger partial charge >= 0.3 is 5.97 Å². The van der Waals surface area contributed by atoms with Crippen molar-refractivity contribution in [2.45, 2.75) is 110 Å². The first-order valence-corrected chi connectivity index (χ1v) is 13.9. The van der Waals surface area contributed by atoms with Crippen molar-refractivity contribution in [1.29, 1.82) is 0 Å². The van der Waals surface area contributed by atoms with Crippen molar-refractivity contribution in [3.63, 3.8) is 0 Å². The summed E-state index contributed by atoms with van der Waals surface area (Å²) >= 11 is 1.19. The molecule has 3 N–H and O–H groups in total. The van der Waals surface area contributed by atoms with Crippen molar-refractivity contribution in [2.75, 3.05) is 0 Å². The summed E-state index contributed by atoms with van der Waals surface area (Å²) in [5.74, 6) is -2.69. The number of aliphatic hydroxyl groups is 3. The molecule has 0 aliphatic carbocycles. The van der Waals surface area contributed by atoms with Gasteiger partial charge in [0, 0.05) is 17.7 Å². The maximum absolute atomic E-state index is 15.4. The highest BCUT2D eigenvalue weighted by atomic mass is 32.1. The maximum Gasteiger partial charge on any atom is 0.309 e. The molecule has 3 rings (SSSR count). The molecule has 0 spiro atoms. The van der Waals surface area contributed by atoms with Crippen LogP contribution in [0, 0.1) is 17.3 Å². The lowest BCUT2D eigenvalue weighted by Crippen LogP contribution is -2.46. The topological polar surface area (TPSA) is 129 Å². The van der Waals surface area contributed by atoms with E-state index in [4.69, 9.17) is 9.47 Å². The van der Waals surface area contributed by atoms with Crippen LogP contribution in [0.25, 0.3) is 6.08 Å². The molecule has 1 aromatic rings. The Labute approximate surface area is 221 Å². The molecule has 0 radical (unpaired) electrons. The average Bonchev–Trinajstić information content (AvgIpc) is 3.24. The molecule has 1 unspecified atom stereocenters. The number of ether oxygens (including phenoxy) is 2. The van der Waals surface area contributed by atoms with Crippen molar-refractivity contribution in [2.24, 2.45) is 17.3 Å². The summed E-state index contributed by atoms with van der Waals surface area (Å²) in [4.78, 5) is 30.4. The number of thiazole rings is 1. The summed E-state index contributed by atoms with van der Waals surface area (Å²) in [5.41, 5.74) is -1.52. The number of carbonyl (C=O) groups excluding carboxylic acids is 2. The van der Waals surface area contributed by atoms with E-state index in [1.807, 2.05) is 20.8 Å². The number of fused-ring (bicyclic) bond motifs is 1. The quantitative estimate of drug-likeness (QED) is 0.386. The number of halogens is 1. The molecule has 10 heteroatoms. The Morgan fingerprint density at radius 2 is 2.00 bits per heavy atom. The lowest BCUT2D eigenvalue weighted by molar-refractivity contribution is -0.155. The zero-order valence-corrected chi connectivity index (χ0v) is 23.1. The number of nitrogens with zero attached hydrogens (tertiary/aromatic N) is 1. The van der Waals surface area contributed by atoms with Crippen LogP contribution < -0.4 is 0 Å². The van der Waals surface area contributed by atoms with Gasteiger partial charge in [-0.1, -0.05) is 34.1 Å². The van der Waals surface area contributed by atoms with Crippen molar-refractivity contribution >= 4 is 29.2 Å². The Bertz CT molecular complexity index is 995. The average molecular weight is 542 g/mol. The standard InChI is InChI=1S/C27H40FNO7S/c1-6-17-24(33)15(2)8-7-9-27(5)21(36-27)11-19(18(28)10-16-14-37-22(13-30)29-16)35-23(32)12-20(31)26(3,4)25(17)34/h10,14-15,17,19-21,24,30-31,33H,6-9,11-13H2,1-5H3/t15-,17+,19-,20?,21-,24-,27+/m0/s1. The fourth-order valence-corrected chi connectivity index (χ4v) is 5.71. The molecule has 0 amide bonds. The molecule has 3 heterocycles. The van der Waals surface area contributed by atoms with Crippen LogP contribution in [0.2, 0.25) is 0 Å². The van der Waals surface area contributed by atoms with Crippen molar-refractivity contribution in [3.8, 4) is 0 Å². The van der Waals surface area contributed by atoms with Gasteiger partial charge in [0.2, 0.25) is 0 Å². The molecule has 2 saturated heterocycles. The highest BCUT2D eigenvalue weighted by Crippen LogP contribution is 2.45. The Morgan fingerprint density at radius 1 is 1.30 bits per heavy atom. The molecule has 1 aromatic heterocycles. The van der Waals surface area contributed by atoms with Gasteiger partial charge in [-0.05, 0) is 38.2 Å². The fraction of sp³-hybridized carbons (Fsp3) is 0.741. The van der Waals surface area contributed by atoms with Gasteiger partial charge in [-0.25, -0.2) is 9.37 Å². The monoisotopic (exact) mass is 541 g/mol. The van der Waals surface area contributed by atoms with Crippen LogP contribution in [0.4, 0.5) is 4.39 Å². The van der Waals surface area contributed by atoms with Gasteiger partial charge in [0.15, 0.2) is 6.10 Å². The third-order valence-corrected chi connectivity index (χ3v) is 8.82. The van der Waals surface area contributed by atoms with Gasteiger partial charge in [-0.2, -0.15) is 0 Å². The minimum Gasteiger partial charge on any atom is -0.455 e. The van der Waals surface area contributed by atoms with Crippen LogP contribution in [0.15, 0.2) is 11.2 Å². The zero-order chi connectivity index (χ0) is 27.5. The fourth-order valence-electron chi connectivity index (χ4n) is 5.10. The molecule has 2 aliphatic rings. The summed E-state index contributed by atoms with van der Waals surface area (Å²) in [6, 6.07) is 0. The molecule has 37 heavy (non-hydrogen) atoms. The van der Waals surface area contributed by atoms with E-state index in [9.17, 15) is 24.9 Å². The number of aromatic nitrogens is 1. The summed E-state index contributed by atoms with van der Waals surface area (Å²) < 4.78 is 26.7. The smallest absolute Gasteiger partial charge is 0.309 e. The minimum atomic E-state index is -1.38. The number of aliphatic hydroxyl groups excluding tert-OH is 3. The molecular weight excluding hydrogens is 501 g/mol. The van der Waals surface area contributed by atoms with Crippen molar-refractivity contribution in [1.82, 2.24) is 4.98 Å². The molecular formula is C27H40FNO7S. The van der Waals surface area contributed by atoms with Crippen molar-refractivity contribution < 1.29 is 38.8 Å². The second kappa shape index (κ2) is 12.0. The first kappa shape index (κ1) is 29.8. The number of carbonyl (C=O) groups is 2. The van der Waals surface area contributed by atoms with E-state index in [0.717, 1.165) is 6.42 Å². The summed E-state index contributed by atoms with van der Waals surface area (Å²) in [5, 5.41) is 33.1. The number of hydrogen-bond acceptors (Lipinski definition) is 9. The Balaban J connectivity index is 1.87. The molecule has 0 saturated carbocycles. The summed E-state index contributed by atoms with van der Waals surface area (Å²) in [6.45, 7) is 8.52. The number of rotatable bonds is 4. The second-order valence-corrected chi connectivity index (χ2v) is 12.1. The van der Waals surface area contributed by atoms with E-state index < -0.39 is 53.5 Å². The summed E-state index contributed by atoms with van der Waals surface area (Å²) in [7, 11) is 0. The maximum atomic E-state index is 15.4. The Kier molecular flexibility index (Phi) is 9.66. The highest BCUT2D eigenvalue weighted by Gasteiger charge is 2.53. The number of cyclic esters (lactones) is 1. The van der Waals surface area contributed by atoms with Gasteiger partial charge in [0.25, 0.3) is 0 Å². The Hall–Kier alpha value is -1.72. The van der Waals surface area contributed by atoms with Crippen LogP contribution in [0.5, 0.6) is 0 Å². The van der Waals surface area contributed by atoms with E-state index in [1.54, 1.807) is 19.2 Å². The van der Waals surface area contributed by atoms with Gasteiger partial charge in [-0.3, -0.25) is 9.59 Å². The molecule has 0 bridgehead atoms. The SMILES string of the molecule is CC[C@H]1C(=O)C(C)(C)C(O)CC(=O)O[C@H](C(F)=Cc2csc(CO)n2)C[C@@H]2O[C@]2(C)CCC[C@H](C)[C@@H]1O. The molecule has 8 nitrogen and oxygen atoms in total. The third kappa shape index (κ3) is 7.03. The molecule has 2 fully saturated rings. The first-order chi connectivity index (χ1) is 17.3. The van der Waals surface area contributed by atoms with Crippen LogP contribution in [0.1, 0.15) is 83.8 Å². The molecule has 208 valence electrons. The highest BCUT2D eigenvalue weighted by molar-refractivity contribution is 7.09. The van der Waals surface area contributed by atoms with Gasteiger partial charge in [-0.15, -0.1) is 11.3 Å². The predicted octanol–water partition coefficient (Wildman–Crippen LogP) is 3.96. The van der Waals surface area contributed by atoms with Gasteiger partial charge in [0.1, 0.15) is 16.6 Å². The van der Waals surface area contributed by atoms with Crippen LogP contribution >= 0.6 is 11.3 Å². The number of epoxide rings is 1. The minimum absolute atomic E-state index is 0.0933. The van der Waals surface area contributed by atoms with Crippen LogP contribution in [-0.2, 0) is 25.7 Å². The largest absolute Gasteiger partial charge is 0.455 e. The second-order valence-electron chi connectivity index (χ2n) is 11.2. The molecule has 7 atom stereocenters. The lowest BCUT2D eigenvalue weighted by atomic mass is 9.71. The van der Waals surface area contributed by atoms with E-state index in [2.05, 4.69) is 4.98 Å². The predicted molar refractivity (Wildman–Crippen MR) is 137 cm³/mol. The number of Topliss-reactive ketones (excluding diaryl/α,β-unsaturated/α-hetero) is 1. The molecule has 2 aliphatic heterocycles.